The average Bonchev–Trinajstić information content (AvgIpc) is 2.70. The van der Waals surface area contributed by atoms with Gasteiger partial charge in [0.15, 0.2) is 6.10 Å². The molecule has 0 aliphatic rings. The maximum absolute atomic E-state index is 11.1. The van der Waals surface area contributed by atoms with Crippen LogP contribution in [0.15, 0.2) is 84.9 Å². The van der Waals surface area contributed by atoms with Crippen molar-refractivity contribution in [1.29, 1.82) is 0 Å². The maximum atomic E-state index is 11.1. The number of aliphatic hydroxyl groups excluding tert-OH is 1. The minimum absolute atomic E-state index is 0.0741. The van der Waals surface area contributed by atoms with Gasteiger partial charge in [-0.25, -0.2) is 4.79 Å². The van der Waals surface area contributed by atoms with E-state index in [1.54, 1.807) is 0 Å². The van der Waals surface area contributed by atoms with E-state index in [2.05, 4.69) is 24.3 Å². The van der Waals surface area contributed by atoms with E-state index in [0.717, 1.165) is 22.3 Å². The van der Waals surface area contributed by atoms with E-state index in [-0.39, 0.29) is 6.54 Å². The second kappa shape index (κ2) is 9.12. The fourth-order valence-corrected chi connectivity index (χ4v) is 3.04. The predicted molar refractivity (Wildman–Crippen MR) is 106 cm³/mol. The number of aliphatic hydroxyl groups is 1. The van der Waals surface area contributed by atoms with Crippen LogP contribution in [0.4, 0.5) is 0 Å². The summed E-state index contributed by atoms with van der Waals surface area (Å²) in [6, 6.07) is 28.2. The second-order valence-corrected chi connectivity index (χ2v) is 6.57. The monoisotopic (exact) mass is 361 g/mol. The van der Waals surface area contributed by atoms with Gasteiger partial charge in [-0.2, -0.15) is 0 Å². The van der Waals surface area contributed by atoms with E-state index in [1.165, 1.54) is 0 Å². The SMILES string of the molecule is O=C(O)C(O)CN(Cc1ccccc1)Cc1ccc(-c2ccccc2)cc1. The Kier molecular flexibility index (Phi) is 6.36. The first-order chi connectivity index (χ1) is 13.1. The number of rotatable bonds is 8. The van der Waals surface area contributed by atoms with Crippen LogP contribution in [0.1, 0.15) is 11.1 Å². The van der Waals surface area contributed by atoms with Crippen molar-refractivity contribution < 1.29 is 15.0 Å². The van der Waals surface area contributed by atoms with E-state index < -0.39 is 12.1 Å². The molecule has 1 unspecified atom stereocenters. The topological polar surface area (TPSA) is 60.8 Å². The summed E-state index contributed by atoms with van der Waals surface area (Å²) in [6.07, 6.45) is -1.41. The summed E-state index contributed by atoms with van der Waals surface area (Å²) in [5.41, 5.74) is 4.45. The summed E-state index contributed by atoms with van der Waals surface area (Å²) in [6.45, 7) is 1.21. The Bertz CT molecular complexity index is 848. The van der Waals surface area contributed by atoms with Gasteiger partial charge in [0, 0.05) is 19.6 Å². The average molecular weight is 361 g/mol. The van der Waals surface area contributed by atoms with Crippen LogP contribution in [0.3, 0.4) is 0 Å². The third kappa shape index (κ3) is 5.51. The van der Waals surface area contributed by atoms with Crippen LogP contribution in [-0.2, 0) is 17.9 Å². The molecule has 3 rings (SSSR count). The minimum atomic E-state index is -1.41. The van der Waals surface area contributed by atoms with Crippen LogP contribution in [0, 0.1) is 0 Å². The van der Waals surface area contributed by atoms with E-state index >= 15 is 0 Å². The van der Waals surface area contributed by atoms with E-state index in [4.69, 9.17) is 5.11 Å². The van der Waals surface area contributed by atoms with Gasteiger partial charge in [0.1, 0.15) is 0 Å². The number of carboxylic acids is 1. The van der Waals surface area contributed by atoms with Gasteiger partial charge < -0.3 is 10.2 Å². The Morgan fingerprint density at radius 2 is 1.22 bits per heavy atom. The number of nitrogens with zero attached hydrogens (tertiary/aromatic N) is 1. The summed E-state index contributed by atoms with van der Waals surface area (Å²) >= 11 is 0. The van der Waals surface area contributed by atoms with Crippen molar-refractivity contribution in [2.45, 2.75) is 19.2 Å². The highest BCUT2D eigenvalue weighted by atomic mass is 16.4. The Hall–Kier alpha value is -2.95. The highest BCUT2D eigenvalue weighted by Gasteiger charge is 2.18. The summed E-state index contributed by atoms with van der Waals surface area (Å²) in [7, 11) is 0. The third-order valence-corrected chi connectivity index (χ3v) is 4.43. The lowest BCUT2D eigenvalue weighted by Crippen LogP contribution is -2.36. The molecule has 3 aromatic carbocycles. The molecular formula is C23H23NO3. The second-order valence-electron chi connectivity index (χ2n) is 6.57. The molecule has 138 valence electrons. The Morgan fingerprint density at radius 1 is 0.741 bits per heavy atom. The van der Waals surface area contributed by atoms with Gasteiger partial charge in [0.25, 0.3) is 0 Å². The molecule has 1 atom stereocenters. The van der Waals surface area contributed by atoms with Gasteiger partial charge in [0.05, 0.1) is 0 Å². The Morgan fingerprint density at radius 3 is 1.78 bits per heavy atom. The van der Waals surface area contributed by atoms with E-state index in [9.17, 15) is 9.90 Å². The molecule has 0 spiro atoms. The Labute approximate surface area is 159 Å². The Balaban J connectivity index is 1.73. The fraction of sp³-hybridized carbons (Fsp3) is 0.174. The molecule has 0 amide bonds. The maximum Gasteiger partial charge on any atom is 0.333 e. The molecule has 0 heterocycles. The van der Waals surface area contributed by atoms with Crippen molar-refractivity contribution in [3.8, 4) is 11.1 Å². The van der Waals surface area contributed by atoms with Crippen LogP contribution in [0.5, 0.6) is 0 Å². The van der Waals surface area contributed by atoms with Crippen LogP contribution < -0.4 is 0 Å². The molecule has 0 fully saturated rings. The van der Waals surface area contributed by atoms with Crippen LogP contribution in [0.2, 0.25) is 0 Å². The first kappa shape index (κ1) is 18.8. The lowest BCUT2D eigenvalue weighted by Gasteiger charge is -2.24. The fourth-order valence-electron chi connectivity index (χ4n) is 3.04. The summed E-state index contributed by atoms with van der Waals surface area (Å²) in [5, 5.41) is 18.9. The van der Waals surface area contributed by atoms with Crippen molar-refractivity contribution in [2.24, 2.45) is 0 Å². The molecule has 0 saturated heterocycles. The first-order valence-electron chi connectivity index (χ1n) is 8.93. The number of carbonyl (C=O) groups is 1. The molecule has 4 nitrogen and oxygen atoms in total. The number of benzene rings is 3. The molecule has 3 aromatic rings. The first-order valence-corrected chi connectivity index (χ1v) is 8.93. The van der Waals surface area contributed by atoms with Gasteiger partial charge in [-0.1, -0.05) is 84.9 Å². The van der Waals surface area contributed by atoms with Gasteiger partial charge in [-0.3, -0.25) is 4.90 Å². The minimum Gasteiger partial charge on any atom is -0.479 e. The number of aliphatic carboxylic acids is 1. The van der Waals surface area contributed by atoms with Gasteiger partial charge in [0.2, 0.25) is 0 Å². The predicted octanol–water partition coefficient (Wildman–Crippen LogP) is 3.80. The molecule has 0 aliphatic carbocycles. The zero-order valence-electron chi connectivity index (χ0n) is 15.0. The number of carboxylic acid groups (broad SMARTS) is 1. The molecule has 27 heavy (non-hydrogen) atoms. The van der Waals surface area contributed by atoms with Gasteiger partial charge in [-0.15, -0.1) is 0 Å². The zero-order valence-corrected chi connectivity index (χ0v) is 15.0. The smallest absolute Gasteiger partial charge is 0.333 e. The number of hydrogen-bond acceptors (Lipinski definition) is 3. The summed E-state index contributed by atoms with van der Waals surface area (Å²) < 4.78 is 0. The van der Waals surface area contributed by atoms with Crippen molar-refractivity contribution in [1.82, 2.24) is 4.90 Å². The highest BCUT2D eigenvalue weighted by molar-refractivity contribution is 5.72. The molecule has 0 radical (unpaired) electrons. The van der Waals surface area contributed by atoms with Crippen molar-refractivity contribution in [2.75, 3.05) is 6.54 Å². The quantitative estimate of drug-likeness (QED) is 0.641. The lowest BCUT2D eigenvalue weighted by molar-refractivity contribution is -0.147. The van der Waals surface area contributed by atoms with Crippen LogP contribution in [-0.4, -0.2) is 33.7 Å². The normalized spacial score (nSPS) is 12.1. The van der Waals surface area contributed by atoms with E-state index in [0.29, 0.717) is 13.1 Å². The van der Waals surface area contributed by atoms with Crippen molar-refractivity contribution >= 4 is 5.97 Å². The molecule has 0 saturated carbocycles. The third-order valence-electron chi connectivity index (χ3n) is 4.43. The van der Waals surface area contributed by atoms with Gasteiger partial charge in [-0.05, 0) is 22.3 Å². The van der Waals surface area contributed by atoms with Crippen molar-refractivity contribution in [3.63, 3.8) is 0 Å². The zero-order chi connectivity index (χ0) is 19.1. The molecule has 0 aromatic heterocycles. The van der Waals surface area contributed by atoms with Crippen molar-refractivity contribution in [3.05, 3.63) is 96.1 Å². The van der Waals surface area contributed by atoms with Crippen LogP contribution in [0.25, 0.3) is 11.1 Å². The van der Waals surface area contributed by atoms with E-state index in [1.807, 2.05) is 65.6 Å². The summed E-state index contributed by atoms with van der Waals surface area (Å²) in [5.74, 6) is -1.20. The standard InChI is InChI=1S/C23H23NO3/c25-22(23(26)27)17-24(15-18-7-3-1-4-8-18)16-19-11-13-21(14-12-19)20-9-5-2-6-10-20/h1-14,22,25H,15-17H2,(H,26,27). The highest BCUT2D eigenvalue weighted by Crippen LogP contribution is 2.20. The molecule has 0 aliphatic heterocycles. The lowest BCUT2D eigenvalue weighted by atomic mass is 10.0. The molecule has 4 heteroatoms. The number of hydrogen-bond donors (Lipinski definition) is 2. The van der Waals surface area contributed by atoms with Crippen LogP contribution >= 0.6 is 0 Å². The molecular weight excluding hydrogens is 338 g/mol. The summed E-state index contributed by atoms with van der Waals surface area (Å²) in [4.78, 5) is 13.0. The molecule has 0 bridgehead atoms. The largest absolute Gasteiger partial charge is 0.479 e. The molecule has 2 N–H and O–H groups in total. The van der Waals surface area contributed by atoms with Gasteiger partial charge >= 0.3 is 5.97 Å².